The van der Waals surface area contributed by atoms with Crippen molar-refractivity contribution in [3.05, 3.63) is 156 Å². The highest BCUT2D eigenvalue weighted by Crippen LogP contribution is 2.33. The van der Waals surface area contributed by atoms with Gasteiger partial charge in [0.25, 0.3) is 0 Å². The Labute approximate surface area is 358 Å². The fourth-order valence-corrected chi connectivity index (χ4v) is 8.31. The smallest absolute Gasteiger partial charge is 0.339 e. The summed E-state index contributed by atoms with van der Waals surface area (Å²) < 4.78 is 10.7. The van der Waals surface area contributed by atoms with Crippen LogP contribution in [0.5, 0.6) is 0 Å². The summed E-state index contributed by atoms with van der Waals surface area (Å²) in [6.45, 7) is 5.17. The van der Waals surface area contributed by atoms with E-state index in [1.54, 1.807) is 35.4 Å². The van der Waals surface area contributed by atoms with Crippen molar-refractivity contribution < 1.29 is 19.1 Å². The van der Waals surface area contributed by atoms with Crippen molar-refractivity contribution in [2.75, 3.05) is 13.2 Å². The Morgan fingerprint density at radius 1 is 0.417 bits per heavy atom. The lowest BCUT2D eigenvalue weighted by atomic mass is 9.86. The maximum absolute atomic E-state index is 12.4. The molecule has 4 nitrogen and oxygen atoms in total. The number of carbonyl (C=O) groups excluding carboxylic acids is 2. The standard InChI is InChI=1S/C24H38O4.C18H16.C14H10/c1-3-5-7-9-11-15-19-27-23(25)21-17-13-14-18-22(21)24(26)28-20-16-12-10-8-6-4-2;1-3-7-15-13(5-1)9-11-18-16-8-4-2-6-14(16)10-12-17(15)18;1-2-6-12-10-14-8-4-3-7-13(14)9-11(12)5-1/h13-14,17-18H,3-12,15-16,19-20H2,1-2H3;1,3,5,7,9-12H,2,4,6,8H2;1-10H. The van der Waals surface area contributed by atoms with Crippen LogP contribution in [0.4, 0.5) is 0 Å². The summed E-state index contributed by atoms with van der Waals surface area (Å²) in [5.41, 5.74) is 3.76. The van der Waals surface area contributed by atoms with Crippen LogP contribution in [0, 0.1) is 0 Å². The molecule has 0 radical (unpaired) electrons. The fourth-order valence-electron chi connectivity index (χ4n) is 8.31. The minimum atomic E-state index is -0.444. The summed E-state index contributed by atoms with van der Waals surface area (Å²) in [7, 11) is 0. The molecule has 0 spiro atoms. The van der Waals surface area contributed by atoms with Crippen LogP contribution in [-0.2, 0) is 22.3 Å². The third-order valence-corrected chi connectivity index (χ3v) is 11.7. The molecular weight excluding hydrogens is 737 g/mol. The van der Waals surface area contributed by atoms with Gasteiger partial charge in [0, 0.05) is 0 Å². The Morgan fingerprint density at radius 2 is 0.850 bits per heavy atom. The zero-order valence-corrected chi connectivity index (χ0v) is 36.1. The molecule has 0 atom stereocenters. The van der Waals surface area contributed by atoms with Gasteiger partial charge in [-0.05, 0) is 117 Å². The van der Waals surface area contributed by atoms with E-state index in [2.05, 4.69) is 123 Å². The molecule has 0 amide bonds. The Morgan fingerprint density at radius 3 is 1.38 bits per heavy atom. The average molecular weight is 801 g/mol. The minimum Gasteiger partial charge on any atom is -0.462 e. The van der Waals surface area contributed by atoms with Gasteiger partial charge in [-0.1, -0.05) is 187 Å². The number of rotatable bonds is 16. The second-order valence-electron chi connectivity index (χ2n) is 16.2. The van der Waals surface area contributed by atoms with E-state index in [1.165, 1.54) is 120 Å². The van der Waals surface area contributed by atoms with Gasteiger partial charge in [0.2, 0.25) is 0 Å². The predicted octanol–water partition coefficient (Wildman–Crippen LogP) is 15.6. The molecule has 4 heteroatoms. The molecule has 8 rings (SSSR count). The number of hydrogen-bond donors (Lipinski definition) is 0. The van der Waals surface area contributed by atoms with E-state index in [4.69, 9.17) is 9.47 Å². The fraction of sp³-hybridized carbons (Fsp3) is 0.357. The zero-order valence-electron chi connectivity index (χ0n) is 36.1. The number of benzene rings is 7. The first-order valence-electron chi connectivity index (χ1n) is 22.8. The quantitative estimate of drug-likeness (QED) is 0.0423. The van der Waals surface area contributed by atoms with E-state index in [9.17, 15) is 9.59 Å². The molecule has 1 aliphatic rings. The molecule has 0 aromatic heterocycles. The van der Waals surface area contributed by atoms with Crippen molar-refractivity contribution in [3.63, 3.8) is 0 Å². The lowest BCUT2D eigenvalue weighted by molar-refractivity contribution is 0.0450. The number of esters is 2. The van der Waals surface area contributed by atoms with E-state index in [0.717, 1.165) is 25.7 Å². The molecule has 0 saturated carbocycles. The number of carbonyl (C=O) groups is 2. The van der Waals surface area contributed by atoms with Crippen LogP contribution in [-0.4, -0.2) is 25.2 Å². The number of unbranched alkanes of at least 4 members (excludes halogenated alkanes) is 10. The molecular formula is C56H64O4. The number of fused-ring (bicyclic) bond motifs is 7. The van der Waals surface area contributed by atoms with Crippen molar-refractivity contribution in [2.24, 2.45) is 0 Å². The van der Waals surface area contributed by atoms with Crippen LogP contribution < -0.4 is 0 Å². The highest BCUT2D eigenvalue weighted by atomic mass is 16.5. The zero-order chi connectivity index (χ0) is 41.8. The van der Waals surface area contributed by atoms with Crippen molar-refractivity contribution in [3.8, 4) is 0 Å². The van der Waals surface area contributed by atoms with E-state index in [-0.39, 0.29) is 0 Å². The molecule has 0 aliphatic heterocycles. The molecule has 0 fully saturated rings. The molecule has 60 heavy (non-hydrogen) atoms. The molecule has 0 bridgehead atoms. The molecule has 312 valence electrons. The molecule has 0 heterocycles. The first-order chi connectivity index (χ1) is 29.6. The van der Waals surface area contributed by atoms with Crippen LogP contribution in [0.2, 0.25) is 0 Å². The summed E-state index contributed by atoms with van der Waals surface area (Å²) in [5, 5.41) is 10.9. The summed E-state index contributed by atoms with van der Waals surface area (Å²) in [6, 6.07) is 46.1. The molecule has 7 aromatic rings. The normalized spacial score (nSPS) is 12.0. The maximum atomic E-state index is 12.4. The van der Waals surface area contributed by atoms with Gasteiger partial charge in [-0.15, -0.1) is 0 Å². The summed E-state index contributed by atoms with van der Waals surface area (Å²) in [5.74, 6) is -0.888. The summed E-state index contributed by atoms with van der Waals surface area (Å²) in [4.78, 5) is 24.7. The molecule has 7 aromatic carbocycles. The van der Waals surface area contributed by atoms with Gasteiger partial charge in [0.15, 0.2) is 0 Å². The number of aryl methyl sites for hydroxylation is 2. The van der Waals surface area contributed by atoms with Crippen LogP contribution >= 0.6 is 0 Å². The third-order valence-electron chi connectivity index (χ3n) is 11.7. The molecule has 0 N–H and O–H groups in total. The monoisotopic (exact) mass is 800 g/mol. The topological polar surface area (TPSA) is 52.6 Å². The largest absolute Gasteiger partial charge is 0.462 e. The van der Waals surface area contributed by atoms with Gasteiger partial charge in [-0.2, -0.15) is 0 Å². The van der Waals surface area contributed by atoms with E-state index in [1.807, 2.05) is 0 Å². The number of ether oxygens (including phenoxy) is 2. The summed E-state index contributed by atoms with van der Waals surface area (Å²) >= 11 is 0. The number of hydrogen-bond acceptors (Lipinski definition) is 4. The molecule has 0 saturated heterocycles. The van der Waals surface area contributed by atoms with E-state index in [0.29, 0.717) is 24.3 Å². The summed E-state index contributed by atoms with van der Waals surface area (Å²) in [6.07, 6.45) is 18.8. The van der Waals surface area contributed by atoms with E-state index < -0.39 is 11.9 Å². The van der Waals surface area contributed by atoms with Crippen LogP contribution in [0.3, 0.4) is 0 Å². The highest BCUT2D eigenvalue weighted by molar-refractivity contribution is 6.09. The Bertz CT molecular complexity index is 2270. The highest BCUT2D eigenvalue weighted by Gasteiger charge is 2.19. The van der Waals surface area contributed by atoms with Crippen LogP contribution in [0.25, 0.3) is 43.1 Å². The maximum Gasteiger partial charge on any atom is 0.339 e. The Kier molecular flexibility index (Phi) is 17.6. The van der Waals surface area contributed by atoms with Gasteiger partial charge in [-0.25, -0.2) is 9.59 Å². The van der Waals surface area contributed by atoms with Crippen molar-refractivity contribution in [1.82, 2.24) is 0 Å². The van der Waals surface area contributed by atoms with Crippen LogP contribution in [0.15, 0.2) is 133 Å². The van der Waals surface area contributed by atoms with Crippen molar-refractivity contribution in [2.45, 2.75) is 117 Å². The Balaban J connectivity index is 0.000000160. The van der Waals surface area contributed by atoms with Gasteiger partial charge in [-0.3, -0.25) is 0 Å². The predicted molar refractivity (Wildman–Crippen MR) is 253 cm³/mol. The van der Waals surface area contributed by atoms with Crippen molar-refractivity contribution >= 4 is 55.0 Å². The van der Waals surface area contributed by atoms with Gasteiger partial charge in [0.05, 0.1) is 24.3 Å². The first-order valence-corrected chi connectivity index (χ1v) is 22.8. The van der Waals surface area contributed by atoms with Gasteiger partial charge >= 0.3 is 11.9 Å². The van der Waals surface area contributed by atoms with Crippen LogP contribution in [0.1, 0.15) is 136 Å². The van der Waals surface area contributed by atoms with Gasteiger partial charge in [0.1, 0.15) is 0 Å². The molecule has 1 aliphatic carbocycles. The van der Waals surface area contributed by atoms with E-state index >= 15 is 0 Å². The lowest BCUT2D eigenvalue weighted by Gasteiger charge is -2.18. The first kappa shape index (κ1) is 44.1. The minimum absolute atomic E-state index is 0.293. The molecule has 0 unspecified atom stereocenters. The van der Waals surface area contributed by atoms with Crippen molar-refractivity contribution in [1.29, 1.82) is 0 Å². The lowest BCUT2D eigenvalue weighted by Crippen LogP contribution is -2.15. The van der Waals surface area contributed by atoms with Gasteiger partial charge < -0.3 is 9.47 Å². The second-order valence-corrected chi connectivity index (χ2v) is 16.2. The SMILES string of the molecule is CCCCCCCCOC(=O)c1ccccc1C(=O)OCCCCCCCC.c1ccc2c(c1)ccc1c3c(ccc12)CCCC3.c1ccc2cc3ccccc3cc2c1. The second kappa shape index (κ2) is 23.9. The third kappa shape index (κ3) is 12.5. The average Bonchev–Trinajstić information content (AvgIpc) is 3.30. The Hall–Kier alpha value is -5.48.